The topological polar surface area (TPSA) is 32.3 Å². The number of fused-ring (bicyclic) bond motifs is 1. The Morgan fingerprint density at radius 1 is 1.05 bits per heavy atom. The number of halogens is 1. The minimum Gasteiger partial charge on any atom is -0.387 e. The van der Waals surface area contributed by atoms with Crippen LogP contribution in [0.2, 0.25) is 0 Å². The van der Waals surface area contributed by atoms with Gasteiger partial charge in [-0.25, -0.2) is 4.39 Å². The molecular formula is C17H18FNO. The van der Waals surface area contributed by atoms with Gasteiger partial charge >= 0.3 is 0 Å². The van der Waals surface area contributed by atoms with E-state index in [1.807, 2.05) is 0 Å². The van der Waals surface area contributed by atoms with Crippen LogP contribution in [-0.4, -0.2) is 17.7 Å². The first-order chi connectivity index (χ1) is 9.74. The van der Waals surface area contributed by atoms with Crippen LogP contribution < -0.4 is 5.32 Å². The zero-order valence-electron chi connectivity index (χ0n) is 11.2. The summed E-state index contributed by atoms with van der Waals surface area (Å²) in [6.07, 6.45) is 1.14. The summed E-state index contributed by atoms with van der Waals surface area (Å²) in [7, 11) is 0. The third-order valence-corrected chi connectivity index (χ3v) is 3.92. The standard InChI is InChI=1S/C17H18FNO/c18-16-8-4-3-7-15(16)17(20)11-19-14-9-12-5-1-2-6-13(12)10-14/h1-8,14,17,19-20H,9-11H2. The van der Waals surface area contributed by atoms with E-state index in [1.165, 1.54) is 17.2 Å². The van der Waals surface area contributed by atoms with Crippen LogP contribution >= 0.6 is 0 Å². The molecule has 20 heavy (non-hydrogen) atoms. The van der Waals surface area contributed by atoms with Crippen molar-refractivity contribution in [1.29, 1.82) is 0 Å². The van der Waals surface area contributed by atoms with E-state index < -0.39 is 6.10 Å². The number of rotatable bonds is 4. The molecule has 2 nitrogen and oxygen atoms in total. The Balaban J connectivity index is 1.58. The maximum absolute atomic E-state index is 13.6. The molecular weight excluding hydrogens is 253 g/mol. The van der Waals surface area contributed by atoms with Gasteiger partial charge in [0, 0.05) is 18.2 Å². The second-order valence-electron chi connectivity index (χ2n) is 5.32. The molecule has 104 valence electrons. The minimum atomic E-state index is -0.806. The molecule has 1 aliphatic carbocycles. The highest BCUT2D eigenvalue weighted by Crippen LogP contribution is 2.22. The molecule has 0 saturated carbocycles. The van der Waals surface area contributed by atoms with Gasteiger partial charge in [-0.3, -0.25) is 0 Å². The maximum Gasteiger partial charge on any atom is 0.129 e. The molecule has 0 amide bonds. The third-order valence-electron chi connectivity index (χ3n) is 3.92. The van der Waals surface area contributed by atoms with Crippen molar-refractivity contribution in [3.63, 3.8) is 0 Å². The van der Waals surface area contributed by atoms with Gasteiger partial charge in [-0.15, -0.1) is 0 Å². The molecule has 0 heterocycles. The predicted octanol–water partition coefficient (Wildman–Crippen LogP) is 2.62. The molecule has 0 aromatic heterocycles. The van der Waals surface area contributed by atoms with Crippen LogP contribution in [0.4, 0.5) is 4.39 Å². The fourth-order valence-electron chi connectivity index (χ4n) is 2.84. The highest BCUT2D eigenvalue weighted by molar-refractivity contribution is 5.33. The zero-order valence-corrected chi connectivity index (χ0v) is 11.2. The molecule has 0 saturated heterocycles. The summed E-state index contributed by atoms with van der Waals surface area (Å²) in [5.74, 6) is -0.350. The van der Waals surface area contributed by atoms with Gasteiger partial charge in [-0.05, 0) is 30.0 Å². The average molecular weight is 271 g/mol. The van der Waals surface area contributed by atoms with Gasteiger partial charge in [-0.2, -0.15) is 0 Å². The highest BCUT2D eigenvalue weighted by Gasteiger charge is 2.21. The summed E-state index contributed by atoms with van der Waals surface area (Å²) < 4.78 is 13.6. The number of aliphatic hydroxyl groups excluding tert-OH is 1. The van der Waals surface area contributed by atoms with Gasteiger partial charge in [0.15, 0.2) is 0 Å². The Morgan fingerprint density at radius 3 is 2.30 bits per heavy atom. The normalized spacial score (nSPS) is 16.1. The average Bonchev–Trinajstić information content (AvgIpc) is 2.88. The maximum atomic E-state index is 13.6. The Bertz CT molecular complexity index is 574. The molecule has 1 unspecified atom stereocenters. The second-order valence-corrected chi connectivity index (χ2v) is 5.32. The molecule has 3 rings (SSSR count). The van der Waals surface area contributed by atoms with Crippen LogP contribution in [0.3, 0.4) is 0 Å². The molecule has 0 bridgehead atoms. The smallest absolute Gasteiger partial charge is 0.129 e. The first-order valence-electron chi connectivity index (χ1n) is 6.96. The summed E-state index contributed by atoms with van der Waals surface area (Å²) in [6.45, 7) is 0.375. The number of benzene rings is 2. The molecule has 0 aliphatic heterocycles. The van der Waals surface area contributed by atoms with Crippen LogP contribution in [0, 0.1) is 5.82 Å². The monoisotopic (exact) mass is 271 g/mol. The van der Waals surface area contributed by atoms with Crippen LogP contribution in [0.5, 0.6) is 0 Å². The lowest BCUT2D eigenvalue weighted by atomic mass is 10.1. The van der Waals surface area contributed by atoms with Gasteiger partial charge in [0.2, 0.25) is 0 Å². The zero-order chi connectivity index (χ0) is 13.9. The van der Waals surface area contributed by atoms with Gasteiger partial charge in [0.05, 0.1) is 6.10 Å². The molecule has 1 atom stereocenters. The van der Waals surface area contributed by atoms with E-state index in [-0.39, 0.29) is 5.82 Å². The fourth-order valence-corrected chi connectivity index (χ4v) is 2.84. The summed E-state index contributed by atoms with van der Waals surface area (Å²) >= 11 is 0. The summed E-state index contributed by atoms with van der Waals surface area (Å²) in [4.78, 5) is 0. The van der Waals surface area contributed by atoms with Gasteiger partial charge in [0.1, 0.15) is 5.82 Å². The van der Waals surface area contributed by atoms with Crippen molar-refractivity contribution in [2.75, 3.05) is 6.54 Å². The van der Waals surface area contributed by atoms with E-state index in [1.54, 1.807) is 18.2 Å². The molecule has 0 fully saturated rings. The van der Waals surface area contributed by atoms with Crippen LogP contribution in [0.15, 0.2) is 48.5 Å². The van der Waals surface area contributed by atoms with Crippen LogP contribution in [0.25, 0.3) is 0 Å². The number of hydrogen-bond donors (Lipinski definition) is 2. The molecule has 0 spiro atoms. The lowest BCUT2D eigenvalue weighted by Gasteiger charge is -2.17. The van der Waals surface area contributed by atoms with Gasteiger partial charge in [-0.1, -0.05) is 42.5 Å². The van der Waals surface area contributed by atoms with E-state index >= 15 is 0 Å². The summed E-state index contributed by atoms with van der Waals surface area (Å²) in [5.41, 5.74) is 3.09. The SMILES string of the molecule is OC(CNC1Cc2ccccc2C1)c1ccccc1F. The van der Waals surface area contributed by atoms with Crippen LogP contribution in [-0.2, 0) is 12.8 Å². The quantitative estimate of drug-likeness (QED) is 0.896. The van der Waals surface area contributed by atoms with Crippen molar-refractivity contribution in [3.05, 3.63) is 71.0 Å². The summed E-state index contributed by atoms with van der Waals surface area (Å²) in [6, 6.07) is 15.1. The number of aliphatic hydroxyl groups is 1. The minimum absolute atomic E-state index is 0.328. The van der Waals surface area contributed by atoms with E-state index in [9.17, 15) is 9.50 Å². The first-order valence-corrected chi connectivity index (χ1v) is 6.96. The second kappa shape index (κ2) is 5.73. The van der Waals surface area contributed by atoms with Crippen molar-refractivity contribution in [2.24, 2.45) is 0 Å². The molecule has 2 N–H and O–H groups in total. The van der Waals surface area contributed by atoms with E-state index in [2.05, 4.69) is 29.6 Å². The highest BCUT2D eigenvalue weighted by atomic mass is 19.1. The Morgan fingerprint density at radius 2 is 1.65 bits per heavy atom. The van der Waals surface area contributed by atoms with Crippen molar-refractivity contribution >= 4 is 0 Å². The molecule has 2 aromatic carbocycles. The van der Waals surface area contributed by atoms with Crippen molar-refractivity contribution < 1.29 is 9.50 Å². The van der Waals surface area contributed by atoms with Crippen molar-refractivity contribution in [1.82, 2.24) is 5.32 Å². The Hall–Kier alpha value is -1.71. The Kier molecular flexibility index (Phi) is 3.81. The lowest BCUT2D eigenvalue weighted by Crippen LogP contribution is -2.33. The van der Waals surface area contributed by atoms with Gasteiger partial charge in [0.25, 0.3) is 0 Å². The number of nitrogens with one attached hydrogen (secondary N) is 1. The Labute approximate surface area is 118 Å². The predicted molar refractivity (Wildman–Crippen MR) is 77.0 cm³/mol. The third kappa shape index (κ3) is 2.74. The molecule has 1 aliphatic rings. The molecule has 2 aromatic rings. The first kappa shape index (κ1) is 13.3. The van der Waals surface area contributed by atoms with Gasteiger partial charge < -0.3 is 10.4 Å². The van der Waals surface area contributed by atoms with E-state index in [4.69, 9.17) is 0 Å². The van der Waals surface area contributed by atoms with Crippen LogP contribution in [0.1, 0.15) is 22.8 Å². The van der Waals surface area contributed by atoms with Crippen molar-refractivity contribution in [2.45, 2.75) is 25.0 Å². The van der Waals surface area contributed by atoms with Crippen molar-refractivity contribution in [3.8, 4) is 0 Å². The molecule has 3 heteroatoms. The summed E-state index contributed by atoms with van der Waals surface area (Å²) in [5, 5.41) is 13.4. The fraction of sp³-hybridized carbons (Fsp3) is 0.294. The number of hydrogen-bond acceptors (Lipinski definition) is 2. The van der Waals surface area contributed by atoms with E-state index in [0.717, 1.165) is 12.8 Å². The molecule has 0 radical (unpaired) electrons. The largest absolute Gasteiger partial charge is 0.387 e. The van der Waals surface area contributed by atoms with E-state index in [0.29, 0.717) is 18.2 Å². The lowest BCUT2D eigenvalue weighted by molar-refractivity contribution is 0.165.